The standard InChI is InChI=1S/C40H77NO4.C9H20/c1-7-10-18-27-37(28-19-11-8-2)33-35-44-39(42)31-23-17-13-16-22-30-38(45-40(43)32-24-34-41(5)6)29-21-15-12-14-20-26-36(4)25-9-3;1-5-7-9(6-2)8(3)4/h25,37-38H,7-24,26-35H2,1-6H3;8-9H,5-7H2,1-4H3/b36-25-;. The van der Waals surface area contributed by atoms with E-state index in [9.17, 15) is 9.59 Å². The van der Waals surface area contributed by atoms with Crippen molar-refractivity contribution in [2.45, 2.75) is 248 Å². The molecule has 5 heteroatoms. The molecule has 0 aromatic rings. The fraction of sp³-hybridized carbons (Fsp3) is 0.918. The zero-order chi connectivity index (χ0) is 40.7. The Morgan fingerprint density at radius 1 is 0.574 bits per heavy atom. The van der Waals surface area contributed by atoms with Gasteiger partial charge in [-0.25, -0.2) is 0 Å². The molecule has 0 rings (SSSR count). The van der Waals surface area contributed by atoms with Gasteiger partial charge in [0, 0.05) is 12.8 Å². The van der Waals surface area contributed by atoms with Gasteiger partial charge in [-0.1, -0.05) is 169 Å². The number of carbonyl (C=O) groups is 2. The first kappa shape index (κ1) is 54.7. The average Bonchev–Trinajstić information content (AvgIpc) is 3.12. The largest absolute Gasteiger partial charge is 0.466 e. The number of allylic oxidation sites excluding steroid dienone is 2. The molecule has 2 atom stereocenters. The molecule has 0 spiro atoms. The number of hydrogen-bond donors (Lipinski definition) is 0. The van der Waals surface area contributed by atoms with Crippen LogP contribution in [0.1, 0.15) is 242 Å². The maximum absolute atomic E-state index is 12.5. The van der Waals surface area contributed by atoms with Gasteiger partial charge in [0.2, 0.25) is 0 Å². The first-order valence-electron chi connectivity index (χ1n) is 23.7. The van der Waals surface area contributed by atoms with Crippen LogP contribution in [-0.4, -0.2) is 50.2 Å². The van der Waals surface area contributed by atoms with Gasteiger partial charge in [-0.2, -0.15) is 0 Å². The summed E-state index contributed by atoms with van der Waals surface area (Å²) in [4.78, 5) is 26.9. The smallest absolute Gasteiger partial charge is 0.306 e. The lowest BCUT2D eigenvalue weighted by atomic mass is 9.89. The van der Waals surface area contributed by atoms with E-state index in [0.29, 0.717) is 25.4 Å². The molecule has 2 unspecified atom stereocenters. The Bertz CT molecular complexity index is 828. The van der Waals surface area contributed by atoms with E-state index in [2.05, 4.69) is 66.4 Å². The van der Waals surface area contributed by atoms with Crippen LogP contribution >= 0.6 is 0 Å². The second-order valence-corrected chi connectivity index (χ2v) is 17.2. The van der Waals surface area contributed by atoms with Crippen LogP contribution in [0.25, 0.3) is 0 Å². The lowest BCUT2D eigenvalue weighted by Gasteiger charge is -2.18. The first-order valence-corrected chi connectivity index (χ1v) is 23.7. The van der Waals surface area contributed by atoms with Crippen LogP contribution in [0.3, 0.4) is 0 Å². The van der Waals surface area contributed by atoms with E-state index in [1.165, 1.54) is 108 Å². The van der Waals surface area contributed by atoms with Gasteiger partial charge < -0.3 is 14.4 Å². The summed E-state index contributed by atoms with van der Waals surface area (Å²) in [6.45, 7) is 19.7. The molecule has 0 aromatic carbocycles. The van der Waals surface area contributed by atoms with Crippen molar-refractivity contribution in [2.75, 3.05) is 27.2 Å². The zero-order valence-corrected chi connectivity index (χ0v) is 38.4. The van der Waals surface area contributed by atoms with Crippen molar-refractivity contribution in [2.24, 2.45) is 17.8 Å². The molecule has 0 aliphatic rings. The monoisotopic (exact) mass is 764 g/mol. The molecular formula is C49H97NO4. The van der Waals surface area contributed by atoms with Crippen molar-refractivity contribution in [1.29, 1.82) is 0 Å². The van der Waals surface area contributed by atoms with Gasteiger partial charge in [0.1, 0.15) is 6.10 Å². The highest BCUT2D eigenvalue weighted by atomic mass is 16.5. The Balaban J connectivity index is 0. The van der Waals surface area contributed by atoms with Crippen molar-refractivity contribution in [1.82, 2.24) is 4.90 Å². The average molecular weight is 764 g/mol. The molecule has 0 saturated carbocycles. The summed E-state index contributed by atoms with van der Waals surface area (Å²) in [5, 5.41) is 0. The molecule has 0 fully saturated rings. The normalized spacial score (nSPS) is 12.9. The van der Waals surface area contributed by atoms with E-state index >= 15 is 0 Å². The highest BCUT2D eigenvalue weighted by Gasteiger charge is 2.15. The fourth-order valence-electron chi connectivity index (χ4n) is 7.57. The number of ether oxygens (including phenoxy) is 2. The Kier molecular flexibility index (Phi) is 41.8. The Morgan fingerprint density at radius 3 is 1.57 bits per heavy atom. The van der Waals surface area contributed by atoms with Crippen molar-refractivity contribution < 1.29 is 19.1 Å². The molecule has 322 valence electrons. The molecular weight excluding hydrogens is 667 g/mol. The zero-order valence-electron chi connectivity index (χ0n) is 38.4. The maximum atomic E-state index is 12.5. The van der Waals surface area contributed by atoms with Crippen LogP contribution in [0.15, 0.2) is 11.6 Å². The number of hydrogen-bond acceptors (Lipinski definition) is 5. The lowest BCUT2D eigenvalue weighted by molar-refractivity contribution is -0.150. The van der Waals surface area contributed by atoms with Gasteiger partial charge >= 0.3 is 11.9 Å². The highest BCUT2D eigenvalue weighted by Crippen LogP contribution is 2.22. The van der Waals surface area contributed by atoms with Crippen LogP contribution in [-0.2, 0) is 19.1 Å². The van der Waals surface area contributed by atoms with Gasteiger partial charge in [-0.3, -0.25) is 9.59 Å². The Morgan fingerprint density at radius 2 is 1.09 bits per heavy atom. The van der Waals surface area contributed by atoms with Gasteiger partial charge in [0.15, 0.2) is 0 Å². The Hall–Kier alpha value is -1.36. The lowest BCUT2D eigenvalue weighted by Crippen LogP contribution is -2.20. The molecule has 0 aliphatic carbocycles. The predicted octanol–water partition coefficient (Wildman–Crippen LogP) is 15.2. The van der Waals surface area contributed by atoms with Crippen LogP contribution in [0.4, 0.5) is 0 Å². The van der Waals surface area contributed by atoms with E-state index in [1.807, 2.05) is 14.1 Å². The minimum Gasteiger partial charge on any atom is -0.466 e. The van der Waals surface area contributed by atoms with Crippen molar-refractivity contribution in [3.05, 3.63) is 11.6 Å². The quantitative estimate of drug-likeness (QED) is 0.0358. The van der Waals surface area contributed by atoms with E-state index < -0.39 is 0 Å². The van der Waals surface area contributed by atoms with Gasteiger partial charge in [0.05, 0.1) is 6.61 Å². The third-order valence-corrected chi connectivity index (χ3v) is 11.2. The predicted molar refractivity (Wildman–Crippen MR) is 237 cm³/mol. The van der Waals surface area contributed by atoms with Crippen LogP contribution < -0.4 is 0 Å². The van der Waals surface area contributed by atoms with Gasteiger partial charge in [-0.15, -0.1) is 0 Å². The van der Waals surface area contributed by atoms with Crippen molar-refractivity contribution in [3.8, 4) is 0 Å². The summed E-state index contributed by atoms with van der Waals surface area (Å²) in [6.07, 6.45) is 35.5. The summed E-state index contributed by atoms with van der Waals surface area (Å²) in [7, 11) is 4.08. The van der Waals surface area contributed by atoms with Crippen LogP contribution in [0.5, 0.6) is 0 Å². The second kappa shape index (κ2) is 41.3. The summed E-state index contributed by atoms with van der Waals surface area (Å²) in [6, 6.07) is 0. The third kappa shape index (κ3) is 38.9. The third-order valence-electron chi connectivity index (χ3n) is 11.2. The van der Waals surface area contributed by atoms with E-state index in [4.69, 9.17) is 9.47 Å². The number of carbonyl (C=O) groups excluding carboxylic acids is 2. The van der Waals surface area contributed by atoms with E-state index in [0.717, 1.165) is 89.0 Å². The molecule has 0 amide bonds. The summed E-state index contributed by atoms with van der Waals surface area (Å²) < 4.78 is 11.6. The van der Waals surface area contributed by atoms with Gasteiger partial charge in [0.25, 0.3) is 0 Å². The molecule has 5 nitrogen and oxygen atoms in total. The molecule has 0 heterocycles. The van der Waals surface area contributed by atoms with Crippen LogP contribution in [0.2, 0.25) is 0 Å². The first-order chi connectivity index (χ1) is 26.0. The number of unbranched alkanes of at least 4 members (excludes halogenated alkanes) is 12. The summed E-state index contributed by atoms with van der Waals surface area (Å²) in [5.74, 6) is 2.50. The second-order valence-electron chi connectivity index (χ2n) is 17.2. The SMILES string of the molecule is CC/C=C(/C)CCCCCCCC(CCCCCCCC(=O)OCCC(CCCCC)CCCCC)OC(=O)CCCN(C)C.CCCC(CC)C(C)C. The Labute approximate surface area is 339 Å². The molecule has 54 heavy (non-hydrogen) atoms. The molecule has 0 radical (unpaired) electrons. The van der Waals surface area contributed by atoms with Crippen molar-refractivity contribution >= 4 is 11.9 Å². The number of esters is 2. The van der Waals surface area contributed by atoms with Gasteiger partial charge in [-0.05, 0) is 110 Å². The topological polar surface area (TPSA) is 55.8 Å². The van der Waals surface area contributed by atoms with Crippen LogP contribution in [0, 0.1) is 17.8 Å². The molecule has 0 saturated heterocycles. The van der Waals surface area contributed by atoms with E-state index in [1.54, 1.807) is 0 Å². The fourth-order valence-corrected chi connectivity index (χ4v) is 7.57. The van der Waals surface area contributed by atoms with E-state index in [-0.39, 0.29) is 18.0 Å². The molecule has 0 bridgehead atoms. The summed E-state index contributed by atoms with van der Waals surface area (Å²) in [5.41, 5.74) is 1.52. The van der Waals surface area contributed by atoms with Crippen molar-refractivity contribution in [3.63, 3.8) is 0 Å². The minimum atomic E-state index is -0.0354. The highest BCUT2D eigenvalue weighted by molar-refractivity contribution is 5.69. The number of rotatable bonds is 37. The number of nitrogens with zero attached hydrogens (tertiary/aromatic N) is 1. The summed E-state index contributed by atoms with van der Waals surface area (Å²) >= 11 is 0. The maximum Gasteiger partial charge on any atom is 0.306 e. The molecule has 0 N–H and O–H groups in total. The minimum absolute atomic E-state index is 0.0235. The molecule has 0 aliphatic heterocycles. The molecule has 0 aromatic heterocycles.